The van der Waals surface area contributed by atoms with Gasteiger partial charge in [-0.05, 0) is 43.8 Å². The molecule has 1 aliphatic carbocycles. The summed E-state index contributed by atoms with van der Waals surface area (Å²) in [5.74, 6) is 0. The highest BCUT2D eigenvalue weighted by Gasteiger charge is 2.11. The number of hydrogen-bond acceptors (Lipinski definition) is 2. The van der Waals surface area contributed by atoms with Gasteiger partial charge >= 0.3 is 0 Å². The predicted molar refractivity (Wildman–Crippen MR) is 50.6 cm³/mol. The van der Waals surface area contributed by atoms with Crippen molar-refractivity contribution in [2.24, 2.45) is 5.16 Å². The van der Waals surface area contributed by atoms with Crippen molar-refractivity contribution in [3.05, 3.63) is 23.3 Å². The van der Waals surface area contributed by atoms with Crippen LogP contribution >= 0.6 is 0 Å². The first kappa shape index (κ1) is 9.04. The molecule has 0 radical (unpaired) electrons. The van der Waals surface area contributed by atoms with Crippen LogP contribution < -0.4 is 0 Å². The molecule has 66 valence electrons. The predicted octanol–water partition coefficient (Wildman–Crippen LogP) is 2.89. The summed E-state index contributed by atoms with van der Waals surface area (Å²) in [4.78, 5) is 0. The molecule has 0 aromatic rings. The van der Waals surface area contributed by atoms with E-state index in [9.17, 15) is 0 Å². The summed E-state index contributed by atoms with van der Waals surface area (Å²) in [6, 6.07) is 0. The Morgan fingerprint density at radius 2 is 2.17 bits per heavy atom. The van der Waals surface area contributed by atoms with Crippen LogP contribution in [0.25, 0.3) is 0 Å². The Balaban J connectivity index is 2.90. The van der Waals surface area contributed by atoms with Crippen LogP contribution in [0.4, 0.5) is 0 Å². The summed E-state index contributed by atoms with van der Waals surface area (Å²) >= 11 is 0. The molecule has 0 amide bonds. The lowest BCUT2D eigenvalue weighted by Crippen LogP contribution is -2.01. The molecular formula is C10H15NO. The molecule has 2 heteroatoms. The van der Waals surface area contributed by atoms with Crippen LogP contribution in [-0.2, 0) is 0 Å². The third-order valence-corrected chi connectivity index (χ3v) is 2.24. The monoisotopic (exact) mass is 165 g/mol. The summed E-state index contributed by atoms with van der Waals surface area (Å²) in [6.07, 6.45) is 6.06. The van der Waals surface area contributed by atoms with Gasteiger partial charge in [0.2, 0.25) is 0 Å². The Hall–Kier alpha value is -1.05. The maximum atomic E-state index is 8.42. The normalized spacial score (nSPS) is 18.8. The molecule has 1 aliphatic rings. The average molecular weight is 165 g/mol. The van der Waals surface area contributed by atoms with Crippen molar-refractivity contribution in [3.63, 3.8) is 0 Å². The summed E-state index contributed by atoms with van der Waals surface area (Å²) in [6.45, 7) is 5.92. The standard InChI is InChI=1S/C10H15NO/c1-8(2)10-6-4-3-5-9(10)7-11-12/h7,12H,1,3-6H2,2H3. The first-order valence-electron chi connectivity index (χ1n) is 4.31. The Morgan fingerprint density at radius 1 is 1.50 bits per heavy atom. The fourth-order valence-electron chi connectivity index (χ4n) is 1.63. The molecule has 12 heavy (non-hydrogen) atoms. The van der Waals surface area contributed by atoms with Crippen LogP contribution in [-0.4, -0.2) is 11.4 Å². The minimum Gasteiger partial charge on any atom is -0.411 e. The Kier molecular flexibility index (Phi) is 3.09. The summed E-state index contributed by atoms with van der Waals surface area (Å²) in [7, 11) is 0. The van der Waals surface area contributed by atoms with Crippen molar-refractivity contribution in [2.45, 2.75) is 32.6 Å². The van der Waals surface area contributed by atoms with Crippen LogP contribution in [0.1, 0.15) is 32.6 Å². The second-order valence-electron chi connectivity index (χ2n) is 3.24. The third kappa shape index (κ3) is 1.97. The number of oxime groups is 1. The number of hydrogen-bond donors (Lipinski definition) is 1. The van der Waals surface area contributed by atoms with Crippen LogP contribution in [0, 0.1) is 0 Å². The first-order chi connectivity index (χ1) is 5.75. The maximum Gasteiger partial charge on any atom is 0.0696 e. The molecule has 0 aromatic carbocycles. The minimum atomic E-state index is 1.02. The van der Waals surface area contributed by atoms with E-state index in [1.54, 1.807) is 6.21 Å². The van der Waals surface area contributed by atoms with E-state index < -0.39 is 0 Å². The second kappa shape index (κ2) is 4.10. The summed E-state index contributed by atoms with van der Waals surface area (Å²) in [5.41, 5.74) is 3.53. The number of nitrogens with zero attached hydrogens (tertiary/aromatic N) is 1. The highest BCUT2D eigenvalue weighted by Crippen LogP contribution is 2.27. The first-order valence-corrected chi connectivity index (χ1v) is 4.31. The van der Waals surface area contributed by atoms with E-state index >= 15 is 0 Å². The topological polar surface area (TPSA) is 32.6 Å². The van der Waals surface area contributed by atoms with E-state index in [2.05, 4.69) is 11.7 Å². The molecule has 0 atom stereocenters. The highest BCUT2D eigenvalue weighted by atomic mass is 16.4. The van der Waals surface area contributed by atoms with E-state index in [1.165, 1.54) is 18.4 Å². The lowest BCUT2D eigenvalue weighted by Gasteiger charge is -2.17. The molecule has 0 aliphatic heterocycles. The molecular weight excluding hydrogens is 150 g/mol. The van der Waals surface area contributed by atoms with Crippen LogP contribution in [0.15, 0.2) is 28.5 Å². The van der Waals surface area contributed by atoms with Crippen molar-refractivity contribution >= 4 is 6.21 Å². The zero-order valence-corrected chi connectivity index (χ0v) is 7.51. The molecule has 0 bridgehead atoms. The summed E-state index contributed by atoms with van der Waals surface area (Å²) in [5, 5.41) is 11.5. The van der Waals surface area contributed by atoms with Crippen LogP contribution in [0.3, 0.4) is 0 Å². The van der Waals surface area contributed by atoms with Gasteiger partial charge in [-0.25, -0.2) is 0 Å². The Bertz CT molecular complexity index is 238. The molecule has 0 unspecified atom stereocenters. The zero-order chi connectivity index (χ0) is 8.97. The summed E-state index contributed by atoms with van der Waals surface area (Å²) < 4.78 is 0. The molecule has 2 nitrogen and oxygen atoms in total. The van der Waals surface area contributed by atoms with E-state index in [4.69, 9.17) is 5.21 Å². The lowest BCUT2D eigenvalue weighted by molar-refractivity contribution is 0.321. The van der Waals surface area contributed by atoms with Crippen molar-refractivity contribution in [1.29, 1.82) is 0 Å². The van der Waals surface area contributed by atoms with Crippen molar-refractivity contribution in [3.8, 4) is 0 Å². The van der Waals surface area contributed by atoms with Crippen LogP contribution in [0.5, 0.6) is 0 Å². The molecule has 0 fully saturated rings. The van der Waals surface area contributed by atoms with Gasteiger partial charge in [-0.15, -0.1) is 0 Å². The van der Waals surface area contributed by atoms with Gasteiger partial charge in [0.25, 0.3) is 0 Å². The van der Waals surface area contributed by atoms with E-state index in [-0.39, 0.29) is 0 Å². The highest BCUT2D eigenvalue weighted by molar-refractivity contribution is 5.80. The molecule has 0 heterocycles. The Labute approximate surface area is 73.3 Å². The SMILES string of the molecule is C=C(C)C1=C(C=NO)CCCC1. The van der Waals surface area contributed by atoms with Crippen LogP contribution in [0.2, 0.25) is 0 Å². The lowest BCUT2D eigenvalue weighted by atomic mass is 9.89. The smallest absolute Gasteiger partial charge is 0.0696 e. The van der Waals surface area contributed by atoms with Gasteiger partial charge < -0.3 is 5.21 Å². The van der Waals surface area contributed by atoms with Gasteiger partial charge in [0.15, 0.2) is 0 Å². The number of rotatable bonds is 2. The fourth-order valence-corrected chi connectivity index (χ4v) is 1.63. The van der Waals surface area contributed by atoms with Crippen molar-refractivity contribution < 1.29 is 5.21 Å². The van der Waals surface area contributed by atoms with Gasteiger partial charge in [0.05, 0.1) is 6.21 Å². The van der Waals surface area contributed by atoms with Gasteiger partial charge in [0, 0.05) is 0 Å². The molecule has 1 rings (SSSR count). The quantitative estimate of drug-likeness (QED) is 0.381. The van der Waals surface area contributed by atoms with Crippen molar-refractivity contribution in [2.75, 3.05) is 0 Å². The fraction of sp³-hybridized carbons (Fsp3) is 0.500. The molecule has 0 aromatic heterocycles. The zero-order valence-electron chi connectivity index (χ0n) is 7.51. The molecule has 0 spiro atoms. The molecule has 0 saturated carbocycles. The van der Waals surface area contributed by atoms with Crippen molar-refractivity contribution in [1.82, 2.24) is 0 Å². The van der Waals surface area contributed by atoms with Gasteiger partial charge in [-0.2, -0.15) is 0 Å². The van der Waals surface area contributed by atoms with Gasteiger partial charge in [0.1, 0.15) is 0 Å². The van der Waals surface area contributed by atoms with E-state index in [0.717, 1.165) is 24.0 Å². The van der Waals surface area contributed by atoms with Gasteiger partial charge in [-0.1, -0.05) is 17.3 Å². The van der Waals surface area contributed by atoms with E-state index in [1.807, 2.05) is 6.92 Å². The largest absolute Gasteiger partial charge is 0.411 e. The Morgan fingerprint density at radius 3 is 2.75 bits per heavy atom. The van der Waals surface area contributed by atoms with Gasteiger partial charge in [-0.3, -0.25) is 0 Å². The molecule has 1 N–H and O–H groups in total. The average Bonchev–Trinajstić information content (AvgIpc) is 2.05. The number of allylic oxidation sites excluding steroid dienone is 3. The maximum absolute atomic E-state index is 8.42. The van der Waals surface area contributed by atoms with E-state index in [0.29, 0.717) is 0 Å². The second-order valence-corrected chi connectivity index (χ2v) is 3.24. The molecule has 0 saturated heterocycles. The third-order valence-electron chi connectivity index (χ3n) is 2.24. The minimum absolute atomic E-state index is 1.02.